The summed E-state index contributed by atoms with van der Waals surface area (Å²) in [4.78, 5) is 24.5. The number of halogens is 1. The number of likely N-dealkylation sites (tertiary alicyclic amines) is 1. The van der Waals surface area contributed by atoms with Crippen molar-refractivity contribution in [2.45, 2.75) is 26.0 Å². The minimum absolute atomic E-state index is 0.0612. The van der Waals surface area contributed by atoms with Gasteiger partial charge in [-0.3, -0.25) is 4.79 Å². The highest BCUT2D eigenvalue weighted by Gasteiger charge is 2.43. The van der Waals surface area contributed by atoms with Crippen LogP contribution < -0.4 is 0 Å². The standard InChI is InChI=1S/C13H17BrN2O4/c1-3-15-5-9(14)4-10(15)12(19)16-7-13(2,8-16)20-6-11(17)18/h4-5H,3,6-8H2,1-2H3,(H,17,18). The zero-order valence-electron chi connectivity index (χ0n) is 11.4. The molecule has 1 aromatic heterocycles. The molecule has 20 heavy (non-hydrogen) atoms. The summed E-state index contributed by atoms with van der Waals surface area (Å²) in [5.41, 5.74) is 0.0641. The predicted molar refractivity (Wildman–Crippen MR) is 75.7 cm³/mol. The second-order valence-corrected chi connectivity index (χ2v) is 6.04. The zero-order valence-corrected chi connectivity index (χ0v) is 13.0. The molecule has 1 fully saturated rings. The molecule has 0 spiro atoms. The minimum Gasteiger partial charge on any atom is -0.480 e. The molecule has 0 saturated carbocycles. The molecule has 1 aliphatic heterocycles. The number of hydrogen-bond acceptors (Lipinski definition) is 3. The third-order valence-corrected chi connectivity index (χ3v) is 3.74. The maximum Gasteiger partial charge on any atom is 0.329 e. The van der Waals surface area contributed by atoms with Crippen LogP contribution in [0.3, 0.4) is 0 Å². The first-order valence-corrected chi connectivity index (χ1v) is 7.14. The molecule has 7 heteroatoms. The summed E-state index contributed by atoms with van der Waals surface area (Å²) < 4.78 is 8.04. The van der Waals surface area contributed by atoms with Gasteiger partial charge in [0.15, 0.2) is 0 Å². The van der Waals surface area contributed by atoms with Gasteiger partial charge in [-0.2, -0.15) is 0 Å². The molecule has 1 amide bonds. The van der Waals surface area contributed by atoms with Crippen molar-refractivity contribution >= 4 is 27.8 Å². The molecule has 1 aliphatic rings. The van der Waals surface area contributed by atoms with Crippen LogP contribution in [-0.4, -0.2) is 51.7 Å². The Kier molecular flexibility index (Phi) is 4.19. The number of carbonyl (C=O) groups excluding carboxylic acids is 1. The Morgan fingerprint density at radius 2 is 2.15 bits per heavy atom. The number of carbonyl (C=O) groups is 2. The Labute approximate surface area is 125 Å². The number of nitrogens with zero attached hydrogens (tertiary/aromatic N) is 2. The van der Waals surface area contributed by atoms with Crippen molar-refractivity contribution in [2.75, 3.05) is 19.7 Å². The summed E-state index contributed by atoms with van der Waals surface area (Å²) in [7, 11) is 0. The smallest absolute Gasteiger partial charge is 0.329 e. The van der Waals surface area contributed by atoms with E-state index in [1.807, 2.05) is 24.6 Å². The molecule has 110 valence electrons. The van der Waals surface area contributed by atoms with Gasteiger partial charge in [0.25, 0.3) is 5.91 Å². The van der Waals surface area contributed by atoms with Crippen molar-refractivity contribution in [3.05, 3.63) is 22.4 Å². The van der Waals surface area contributed by atoms with Crippen molar-refractivity contribution in [3.8, 4) is 0 Å². The van der Waals surface area contributed by atoms with E-state index in [0.717, 1.165) is 4.47 Å². The average molecular weight is 345 g/mol. The number of amides is 1. The highest BCUT2D eigenvalue weighted by molar-refractivity contribution is 9.10. The summed E-state index contributed by atoms with van der Waals surface area (Å²) >= 11 is 3.36. The zero-order chi connectivity index (χ0) is 14.9. The molecule has 0 atom stereocenters. The summed E-state index contributed by atoms with van der Waals surface area (Å²) in [5, 5.41) is 8.61. The lowest BCUT2D eigenvalue weighted by molar-refractivity contribution is -0.160. The molecule has 0 aromatic carbocycles. The lowest BCUT2D eigenvalue weighted by atomic mass is 9.96. The molecule has 1 N–H and O–H groups in total. The molecule has 0 unspecified atom stereocenters. The van der Waals surface area contributed by atoms with Crippen LogP contribution in [0.15, 0.2) is 16.7 Å². The van der Waals surface area contributed by atoms with E-state index in [-0.39, 0.29) is 12.5 Å². The number of aryl methyl sites for hydroxylation is 1. The predicted octanol–water partition coefficient (Wildman–Crippen LogP) is 1.59. The first-order chi connectivity index (χ1) is 9.34. The lowest BCUT2D eigenvalue weighted by Crippen LogP contribution is -2.63. The normalized spacial score (nSPS) is 16.9. The van der Waals surface area contributed by atoms with Gasteiger partial charge in [-0.15, -0.1) is 0 Å². The van der Waals surface area contributed by atoms with Crippen molar-refractivity contribution in [1.29, 1.82) is 0 Å². The second-order valence-electron chi connectivity index (χ2n) is 5.12. The van der Waals surface area contributed by atoms with E-state index in [1.54, 1.807) is 11.0 Å². The molecule has 1 aromatic rings. The number of carboxylic acid groups (broad SMARTS) is 1. The second kappa shape index (κ2) is 5.57. The van der Waals surface area contributed by atoms with Crippen LogP contribution in [0.25, 0.3) is 0 Å². The minimum atomic E-state index is -1.00. The Balaban J connectivity index is 1.98. The van der Waals surface area contributed by atoms with Gasteiger partial charge in [0, 0.05) is 17.2 Å². The number of hydrogen-bond donors (Lipinski definition) is 1. The third-order valence-electron chi connectivity index (χ3n) is 3.30. The van der Waals surface area contributed by atoms with E-state index in [4.69, 9.17) is 9.84 Å². The van der Waals surface area contributed by atoms with Gasteiger partial charge in [-0.05, 0) is 35.8 Å². The van der Waals surface area contributed by atoms with E-state index in [9.17, 15) is 9.59 Å². The van der Waals surface area contributed by atoms with Crippen LogP contribution in [0.4, 0.5) is 0 Å². The van der Waals surface area contributed by atoms with Gasteiger partial charge in [-0.25, -0.2) is 4.79 Å². The van der Waals surface area contributed by atoms with E-state index in [0.29, 0.717) is 25.3 Å². The van der Waals surface area contributed by atoms with Crippen molar-refractivity contribution in [1.82, 2.24) is 9.47 Å². The van der Waals surface area contributed by atoms with Crippen LogP contribution >= 0.6 is 15.9 Å². The Morgan fingerprint density at radius 3 is 2.70 bits per heavy atom. The summed E-state index contributed by atoms with van der Waals surface area (Å²) in [6, 6.07) is 1.79. The molecular formula is C13H17BrN2O4. The fourth-order valence-corrected chi connectivity index (χ4v) is 2.77. The van der Waals surface area contributed by atoms with Gasteiger partial charge >= 0.3 is 5.97 Å². The number of aliphatic carboxylic acids is 1. The topological polar surface area (TPSA) is 71.8 Å². The summed E-state index contributed by atoms with van der Waals surface area (Å²) in [6.07, 6.45) is 1.87. The summed E-state index contributed by atoms with van der Waals surface area (Å²) in [6.45, 7) is 4.98. The maximum atomic E-state index is 12.4. The van der Waals surface area contributed by atoms with Crippen LogP contribution in [0.5, 0.6) is 0 Å². The van der Waals surface area contributed by atoms with E-state index >= 15 is 0 Å². The Hall–Kier alpha value is -1.34. The maximum absolute atomic E-state index is 12.4. The fraction of sp³-hybridized carbons (Fsp3) is 0.538. The van der Waals surface area contributed by atoms with Gasteiger partial charge in [-0.1, -0.05) is 0 Å². The van der Waals surface area contributed by atoms with E-state index in [2.05, 4.69) is 15.9 Å². The molecule has 0 radical (unpaired) electrons. The van der Waals surface area contributed by atoms with Crippen molar-refractivity contribution in [3.63, 3.8) is 0 Å². The number of carboxylic acids is 1. The van der Waals surface area contributed by atoms with Gasteiger partial charge < -0.3 is 19.3 Å². The highest BCUT2D eigenvalue weighted by atomic mass is 79.9. The number of ether oxygens (including phenoxy) is 1. The van der Waals surface area contributed by atoms with Crippen LogP contribution in [0, 0.1) is 0 Å². The van der Waals surface area contributed by atoms with Crippen molar-refractivity contribution in [2.24, 2.45) is 0 Å². The van der Waals surface area contributed by atoms with Gasteiger partial charge in [0.1, 0.15) is 17.9 Å². The summed E-state index contributed by atoms with van der Waals surface area (Å²) in [5.74, 6) is -1.06. The van der Waals surface area contributed by atoms with Crippen LogP contribution in [0.2, 0.25) is 0 Å². The van der Waals surface area contributed by atoms with Gasteiger partial charge in [0.05, 0.1) is 13.1 Å². The molecule has 2 heterocycles. The van der Waals surface area contributed by atoms with Crippen LogP contribution in [0.1, 0.15) is 24.3 Å². The highest BCUT2D eigenvalue weighted by Crippen LogP contribution is 2.27. The lowest BCUT2D eigenvalue weighted by Gasteiger charge is -2.47. The molecular weight excluding hydrogens is 328 g/mol. The monoisotopic (exact) mass is 344 g/mol. The SMILES string of the molecule is CCn1cc(Br)cc1C(=O)N1CC(C)(OCC(=O)O)C1. The Morgan fingerprint density at radius 1 is 1.50 bits per heavy atom. The first-order valence-electron chi connectivity index (χ1n) is 6.35. The number of aromatic nitrogens is 1. The molecule has 6 nitrogen and oxygen atoms in total. The molecule has 2 rings (SSSR count). The van der Waals surface area contributed by atoms with Crippen molar-refractivity contribution < 1.29 is 19.4 Å². The molecule has 1 saturated heterocycles. The largest absolute Gasteiger partial charge is 0.480 e. The van der Waals surface area contributed by atoms with Gasteiger partial charge in [0.2, 0.25) is 0 Å². The first kappa shape index (κ1) is 15.1. The Bertz CT molecular complexity index is 534. The number of rotatable bonds is 5. The molecule has 0 bridgehead atoms. The van der Waals surface area contributed by atoms with E-state index < -0.39 is 11.6 Å². The average Bonchev–Trinajstić information content (AvgIpc) is 2.73. The molecule has 0 aliphatic carbocycles. The quantitative estimate of drug-likeness (QED) is 0.880. The fourth-order valence-electron chi connectivity index (χ4n) is 2.31. The van der Waals surface area contributed by atoms with E-state index in [1.165, 1.54) is 0 Å². The third kappa shape index (κ3) is 3.04. The van der Waals surface area contributed by atoms with Crippen LogP contribution in [-0.2, 0) is 16.1 Å².